The van der Waals surface area contributed by atoms with Gasteiger partial charge in [-0.25, -0.2) is 4.98 Å². The maximum absolute atomic E-state index is 13.3. The molecule has 1 N–H and O–H groups in total. The predicted octanol–water partition coefficient (Wildman–Crippen LogP) is 2.68. The van der Waals surface area contributed by atoms with Gasteiger partial charge in [-0.05, 0) is 50.5 Å². The summed E-state index contributed by atoms with van der Waals surface area (Å²) in [6.45, 7) is 5.73. The highest BCUT2D eigenvalue weighted by Gasteiger charge is 2.30. The molecule has 0 aliphatic heterocycles. The number of methoxy groups -OCH3 is 1. The summed E-state index contributed by atoms with van der Waals surface area (Å²) in [4.78, 5) is 32.0. The lowest BCUT2D eigenvalue weighted by atomic mass is 10.1. The monoisotopic (exact) mass is 441 g/mol. The number of aldehydes is 1. The average molecular weight is 442 g/mol. The van der Waals surface area contributed by atoms with Crippen molar-refractivity contribution in [2.75, 3.05) is 38.9 Å². The second-order valence-corrected chi connectivity index (χ2v) is 7.61. The second kappa shape index (κ2) is 10.6. The van der Waals surface area contributed by atoms with Gasteiger partial charge in [-0.15, -0.1) is 0 Å². The van der Waals surface area contributed by atoms with Crippen molar-refractivity contribution in [3.63, 3.8) is 0 Å². The van der Waals surface area contributed by atoms with Gasteiger partial charge < -0.3 is 28.8 Å². The first-order valence-electron chi connectivity index (χ1n) is 10.8. The Morgan fingerprint density at radius 3 is 2.56 bits per heavy atom. The fourth-order valence-electron chi connectivity index (χ4n) is 3.99. The van der Waals surface area contributed by atoms with Crippen LogP contribution in [0.1, 0.15) is 25.3 Å². The van der Waals surface area contributed by atoms with E-state index in [4.69, 9.17) is 19.6 Å². The summed E-state index contributed by atoms with van der Waals surface area (Å²) in [5.41, 5.74) is 1.95. The zero-order chi connectivity index (χ0) is 23.3. The first-order chi connectivity index (χ1) is 15.6. The number of fused-ring (bicyclic) bond motifs is 2. The third kappa shape index (κ3) is 4.47. The second-order valence-electron chi connectivity index (χ2n) is 7.61. The smallest absolute Gasteiger partial charge is 0.199 e. The number of aliphatic hydroxyl groups is 1. The van der Waals surface area contributed by atoms with Crippen molar-refractivity contribution in [2.45, 2.75) is 39.3 Å². The lowest BCUT2D eigenvalue weighted by molar-refractivity contribution is -0.108. The van der Waals surface area contributed by atoms with E-state index < -0.39 is 0 Å². The number of carbonyl (C=O) groups excluding carboxylic acids is 1. The van der Waals surface area contributed by atoms with E-state index in [1.165, 1.54) is 0 Å². The molecule has 1 aliphatic rings. The van der Waals surface area contributed by atoms with Crippen molar-refractivity contribution in [3.05, 3.63) is 40.1 Å². The Balaban J connectivity index is 0.00000141. The highest BCUT2D eigenvalue weighted by molar-refractivity contribution is 5.96. The van der Waals surface area contributed by atoms with E-state index in [1.807, 2.05) is 36.6 Å². The van der Waals surface area contributed by atoms with E-state index in [2.05, 4.69) is 4.90 Å². The topological polar surface area (TPSA) is 93.9 Å². The molecule has 0 bridgehead atoms. The first kappa shape index (κ1) is 23.7. The molecule has 1 aromatic carbocycles. The van der Waals surface area contributed by atoms with E-state index >= 15 is 0 Å². The standard InChI is InChI=1S/C23H27N3O4.CH4O/c1-4-30-22-15(2)5-8-17-20(22)26(11-13-27)23-18(21(17)28)9-10-19(24-23)25(12-14-29-3)16-6-7-16;1-2/h5,8-10,13,16H,4,6-7,11-12,14H2,1-3H3;2H,1H3. The quantitative estimate of drug-likeness (QED) is 0.403. The summed E-state index contributed by atoms with van der Waals surface area (Å²) in [6.07, 6.45) is 3.07. The normalized spacial score (nSPS) is 13.0. The Kier molecular flexibility index (Phi) is 7.82. The summed E-state index contributed by atoms with van der Waals surface area (Å²) in [7, 11) is 2.68. The molecule has 172 valence electrons. The Morgan fingerprint density at radius 1 is 1.22 bits per heavy atom. The molecule has 1 aliphatic carbocycles. The molecule has 0 amide bonds. The van der Waals surface area contributed by atoms with Crippen LogP contribution in [0.3, 0.4) is 0 Å². The minimum atomic E-state index is -0.1000. The highest BCUT2D eigenvalue weighted by Crippen LogP contribution is 2.33. The summed E-state index contributed by atoms with van der Waals surface area (Å²) >= 11 is 0. The van der Waals surface area contributed by atoms with Crippen LogP contribution in [0.25, 0.3) is 21.9 Å². The van der Waals surface area contributed by atoms with E-state index in [0.717, 1.165) is 44.2 Å². The third-order valence-corrected chi connectivity index (χ3v) is 5.57. The van der Waals surface area contributed by atoms with E-state index in [1.54, 1.807) is 13.2 Å². The first-order valence-corrected chi connectivity index (χ1v) is 10.8. The number of nitrogens with zero attached hydrogens (tertiary/aromatic N) is 3. The molecule has 8 heteroatoms. The lowest BCUT2D eigenvalue weighted by Gasteiger charge is -2.24. The number of benzene rings is 1. The van der Waals surface area contributed by atoms with E-state index in [0.29, 0.717) is 46.9 Å². The number of aryl methyl sites for hydroxylation is 1. The number of aliphatic hydroxyl groups excluding tert-OH is 1. The molecule has 0 radical (unpaired) electrons. The predicted molar refractivity (Wildman–Crippen MR) is 126 cm³/mol. The molecule has 2 heterocycles. The molecule has 4 rings (SSSR count). The number of carbonyl (C=O) groups is 1. The number of aromatic nitrogens is 2. The molecular weight excluding hydrogens is 410 g/mol. The minimum Gasteiger partial charge on any atom is -0.491 e. The van der Waals surface area contributed by atoms with Crippen molar-refractivity contribution < 1.29 is 19.4 Å². The van der Waals surface area contributed by atoms with Crippen LogP contribution >= 0.6 is 0 Å². The maximum atomic E-state index is 13.3. The number of ether oxygens (including phenoxy) is 2. The fraction of sp³-hybridized carbons (Fsp3) is 0.458. The third-order valence-electron chi connectivity index (χ3n) is 5.57. The number of hydrogen-bond acceptors (Lipinski definition) is 7. The van der Waals surface area contributed by atoms with Crippen molar-refractivity contribution in [1.29, 1.82) is 0 Å². The molecule has 0 unspecified atom stereocenters. The SMILES string of the molecule is CCOc1c(C)ccc2c(=O)c3ccc(N(CCOC)C4CC4)nc3n(CC=O)c12.CO. The summed E-state index contributed by atoms with van der Waals surface area (Å²) in [6, 6.07) is 7.85. The van der Waals surface area contributed by atoms with Crippen LogP contribution in [-0.2, 0) is 16.1 Å². The van der Waals surface area contributed by atoms with E-state index in [-0.39, 0.29) is 12.0 Å². The molecule has 1 fully saturated rings. The maximum Gasteiger partial charge on any atom is 0.199 e. The summed E-state index contributed by atoms with van der Waals surface area (Å²) < 4.78 is 13.0. The van der Waals surface area contributed by atoms with Gasteiger partial charge in [0.1, 0.15) is 23.5 Å². The molecule has 2 aromatic heterocycles. The van der Waals surface area contributed by atoms with Gasteiger partial charge in [-0.2, -0.15) is 0 Å². The van der Waals surface area contributed by atoms with Crippen LogP contribution in [0.2, 0.25) is 0 Å². The van der Waals surface area contributed by atoms with Gasteiger partial charge in [-0.1, -0.05) is 6.07 Å². The largest absolute Gasteiger partial charge is 0.491 e. The van der Waals surface area contributed by atoms with Crippen molar-refractivity contribution in [2.24, 2.45) is 0 Å². The van der Waals surface area contributed by atoms with Crippen LogP contribution in [0.4, 0.5) is 5.82 Å². The Hall–Kier alpha value is -2.97. The van der Waals surface area contributed by atoms with Gasteiger partial charge in [0.15, 0.2) is 5.43 Å². The zero-order valence-corrected chi connectivity index (χ0v) is 19.1. The van der Waals surface area contributed by atoms with Crippen molar-refractivity contribution in [3.8, 4) is 5.75 Å². The van der Waals surface area contributed by atoms with Gasteiger partial charge in [0.05, 0.1) is 36.0 Å². The molecular formula is C24H31N3O5. The average Bonchev–Trinajstić information content (AvgIpc) is 3.65. The van der Waals surface area contributed by atoms with Crippen molar-refractivity contribution >= 4 is 34.0 Å². The van der Waals surface area contributed by atoms with Crippen LogP contribution in [0, 0.1) is 6.92 Å². The Bertz CT molecular complexity index is 1150. The number of pyridine rings is 2. The van der Waals surface area contributed by atoms with E-state index in [9.17, 15) is 9.59 Å². The zero-order valence-electron chi connectivity index (χ0n) is 19.1. The Morgan fingerprint density at radius 2 is 1.94 bits per heavy atom. The molecule has 8 nitrogen and oxygen atoms in total. The van der Waals surface area contributed by atoms with Crippen LogP contribution in [0.15, 0.2) is 29.1 Å². The molecule has 0 atom stereocenters. The number of anilines is 1. The number of rotatable bonds is 9. The molecule has 3 aromatic rings. The van der Waals surface area contributed by atoms with Gasteiger partial charge in [0, 0.05) is 26.8 Å². The van der Waals surface area contributed by atoms with Crippen LogP contribution in [-0.4, -0.2) is 61.0 Å². The molecule has 1 saturated carbocycles. The van der Waals surface area contributed by atoms with Gasteiger partial charge >= 0.3 is 0 Å². The fourth-order valence-corrected chi connectivity index (χ4v) is 3.99. The van der Waals surface area contributed by atoms with Gasteiger partial charge in [0.25, 0.3) is 0 Å². The summed E-state index contributed by atoms with van der Waals surface area (Å²) in [5, 5.41) is 8.04. The van der Waals surface area contributed by atoms with Gasteiger partial charge in [-0.3, -0.25) is 4.79 Å². The summed E-state index contributed by atoms with van der Waals surface area (Å²) in [5.74, 6) is 1.42. The number of hydrogen-bond donors (Lipinski definition) is 1. The van der Waals surface area contributed by atoms with Crippen LogP contribution < -0.4 is 15.1 Å². The van der Waals surface area contributed by atoms with Gasteiger partial charge in [0.2, 0.25) is 0 Å². The lowest BCUT2D eigenvalue weighted by Crippen LogP contribution is -2.30. The molecule has 0 saturated heterocycles. The van der Waals surface area contributed by atoms with Crippen LogP contribution in [0.5, 0.6) is 5.75 Å². The molecule has 0 spiro atoms. The highest BCUT2D eigenvalue weighted by atomic mass is 16.5. The van der Waals surface area contributed by atoms with Crippen molar-refractivity contribution in [1.82, 2.24) is 9.55 Å². The molecule has 32 heavy (non-hydrogen) atoms. The Labute approximate surface area is 187 Å². The minimum absolute atomic E-state index is 0.0920.